The van der Waals surface area contributed by atoms with E-state index >= 15 is 0 Å². The van der Waals surface area contributed by atoms with Crippen LogP contribution >= 0.6 is 0 Å². The minimum atomic E-state index is 0.916. The summed E-state index contributed by atoms with van der Waals surface area (Å²) in [6.45, 7) is 5.23. The molecule has 19 heavy (non-hydrogen) atoms. The highest BCUT2D eigenvalue weighted by atomic mass is 14.9. The van der Waals surface area contributed by atoms with Crippen molar-refractivity contribution in [3.63, 3.8) is 0 Å². The first-order valence-electron chi connectivity index (χ1n) is 6.75. The van der Waals surface area contributed by atoms with E-state index in [4.69, 9.17) is 0 Å². The molecule has 0 spiro atoms. The molecule has 3 heteroatoms. The van der Waals surface area contributed by atoms with Crippen molar-refractivity contribution < 1.29 is 0 Å². The lowest BCUT2D eigenvalue weighted by Gasteiger charge is -2.08. The molecule has 0 saturated carbocycles. The lowest BCUT2D eigenvalue weighted by atomic mass is 10.0. The predicted molar refractivity (Wildman–Crippen MR) is 79.2 cm³/mol. The number of nitrogens with one attached hydrogen (secondary N) is 1. The van der Waals surface area contributed by atoms with Crippen molar-refractivity contribution in [3.05, 3.63) is 47.4 Å². The monoisotopic (exact) mass is 255 g/mol. The number of nitrogens with zero attached hydrogens (tertiary/aromatic N) is 2. The first kappa shape index (κ1) is 13.7. The molecule has 0 bridgehead atoms. The van der Waals surface area contributed by atoms with Crippen LogP contribution in [0.2, 0.25) is 0 Å². The third-order valence-electron chi connectivity index (χ3n) is 3.20. The molecule has 0 aliphatic carbocycles. The van der Waals surface area contributed by atoms with Gasteiger partial charge in [-0.25, -0.2) is 9.97 Å². The number of aryl methyl sites for hydroxylation is 3. The summed E-state index contributed by atoms with van der Waals surface area (Å²) in [5.41, 5.74) is 4.74. The van der Waals surface area contributed by atoms with E-state index in [2.05, 4.69) is 47.3 Å². The molecule has 0 atom stereocenters. The second kappa shape index (κ2) is 6.43. The van der Waals surface area contributed by atoms with Gasteiger partial charge in [0, 0.05) is 18.2 Å². The van der Waals surface area contributed by atoms with Crippen LogP contribution in [-0.2, 0) is 6.42 Å². The van der Waals surface area contributed by atoms with Gasteiger partial charge in [-0.15, -0.1) is 0 Å². The van der Waals surface area contributed by atoms with Crippen LogP contribution in [0.4, 0.5) is 0 Å². The summed E-state index contributed by atoms with van der Waals surface area (Å²) in [6.07, 6.45) is 3.84. The fraction of sp³-hybridized carbons (Fsp3) is 0.375. The average Bonchev–Trinajstić information content (AvgIpc) is 2.42. The van der Waals surface area contributed by atoms with Crippen LogP contribution in [0.5, 0.6) is 0 Å². The Morgan fingerprint density at radius 1 is 1.16 bits per heavy atom. The molecular formula is C16H21N3. The Bertz CT molecular complexity index is 549. The quantitative estimate of drug-likeness (QED) is 0.835. The second-order valence-electron chi connectivity index (χ2n) is 4.88. The molecule has 2 aromatic rings. The van der Waals surface area contributed by atoms with E-state index in [0.29, 0.717) is 0 Å². The highest BCUT2D eigenvalue weighted by Gasteiger charge is 2.05. The van der Waals surface area contributed by atoms with Crippen molar-refractivity contribution in [1.29, 1.82) is 0 Å². The zero-order valence-corrected chi connectivity index (χ0v) is 11.9. The van der Waals surface area contributed by atoms with Gasteiger partial charge in [-0.3, -0.25) is 0 Å². The molecule has 0 aliphatic rings. The van der Waals surface area contributed by atoms with E-state index in [9.17, 15) is 0 Å². The van der Waals surface area contributed by atoms with Gasteiger partial charge in [-0.1, -0.05) is 17.7 Å². The highest BCUT2D eigenvalue weighted by molar-refractivity contribution is 5.64. The maximum atomic E-state index is 4.68. The van der Waals surface area contributed by atoms with Crippen LogP contribution in [0.3, 0.4) is 0 Å². The fourth-order valence-electron chi connectivity index (χ4n) is 2.10. The maximum absolute atomic E-state index is 4.68. The number of aromatic nitrogens is 2. The number of hydrogen-bond acceptors (Lipinski definition) is 3. The third-order valence-corrected chi connectivity index (χ3v) is 3.20. The molecule has 3 nitrogen and oxygen atoms in total. The van der Waals surface area contributed by atoms with Crippen LogP contribution in [-0.4, -0.2) is 23.6 Å². The molecule has 0 radical (unpaired) electrons. The zero-order valence-electron chi connectivity index (χ0n) is 11.9. The third kappa shape index (κ3) is 3.61. The van der Waals surface area contributed by atoms with Gasteiger partial charge >= 0.3 is 0 Å². The molecular weight excluding hydrogens is 234 g/mol. The van der Waals surface area contributed by atoms with Crippen molar-refractivity contribution in [3.8, 4) is 11.3 Å². The number of rotatable bonds is 5. The standard InChI is InChI=1S/C16H21N3/c1-12-6-7-13(2)14(11-12)15-8-10-18-16(19-15)5-4-9-17-3/h6-8,10-11,17H,4-5,9H2,1-3H3. The topological polar surface area (TPSA) is 37.8 Å². The molecule has 0 fully saturated rings. The largest absolute Gasteiger partial charge is 0.320 e. The number of benzene rings is 1. The van der Waals surface area contributed by atoms with Crippen LogP contribution in [0.25, 0.3) is 11.3 Å². The minimum Gasteiger partial charge on any atom is -0.320 e. The van der Waals surface area contributed by atoms with Crippen molar-refractivity contribution in [2.75, 3.05) is 13.6 Å². The van der Waals surface area contributed by atoms with Gasteiger partial charge in [-0.2, -0.15) is 0 Å². The fourth-order valence-corrected chi connectivity index (χ4v) is 2.10. The van der Waals surface area contributed by atoms with Gasteiger partial charge in [0.05, 0.1) is 5.69 Å². The Morgan fingerprint density at radius 3 is 2.79 bits per heavy atom. The zero-order chi connectivity index (χ0) is 13.7. The Hall–Kier alpha value is -1.74. The van der Waals surface area contributed by atoms with E-state index in [1.165, 1.54) is 16.7 Å². The SMILES string of the molecule is CNCCCc1nccc(-c2cc(C)ccc2C)n1. The van der Waals surface area contributed by atoms with Gasteiger partial charge in [-0.05, 0) is 51.6 Å². The Morgan fingerprint density at radius 2 is 2.00 bits per heavy atom. The first-order chi connectivity index (χ1) is 9.20. The molecule has 1 heterocycles. The van der Waals surface area contributed by atoms with E-state index in [0.717, 1.165) is 30.9 Å². The summed E-state index contributed by atoms with van der Waals surface area (Å²) in [4.78, 5) is 9.03. The van der Waals surface area contributed by atoms with Crippen molar-refractivity contribution in [1.82, 2.24) is 15.3 Å². The summed E-state index contributed by atoms with van der Waals surface area (Å²) < 4.78 is 0. The van der Waals surface area contributed by atoms with E-state index < -0.39 is 0 Å². The summed E-state index contributed by atoms with van der Waals surface area (Å²) in [7, 11) is 1.97. The van der Waals surface area contributed by atoms with Gasteiger partial charge in [0.1, 0.15) is 5.82 Å². The second-order valence-corrected chi connectivity index (χ2v) is 4.88. The van der Waals surface area contributed by atoms with Gasteiger partial charge in [0.25, 0.3) is 0 Å². The molecule has 0 saturated heterocycles. The van der Waals surface area contributed by atoms with Crippen LogP contribution in [0, 0.1) is 13.8 Å². The molecule has 1 N–H and O–H groups in total. The normalized spacial score (nSPS) is 10.7. The maximum Gasteiger partial charge on any atom is 0.128 e. The van der Waals surface area contributed by atoms with Crippen LogP contribution < -0.4 is 5.32 Å². The van der Waals surface area contributed by atoms with E-state index in [-0.39, 0.29) is 0 Å². The van der Waals surface area contributed by atoms with Crippen molar-refractivity contribution in [2.24, 2.45) is 0 Å². The lowest BCUT2D eigenvalue weighted by molar-refractivity contribution is 0.702. The lowest BCUT2D eigenvalue weighted by Crippen LogP contribution is -2.09. The molecule has 0 unspecified atom stereocenters. The summed E-state index contributed by atoms with van der Waals surface area (Å²) >= 11 is 0. The first-order valence-corrected chi connectivity index (χ1v) is 6.75. The van der Waals surface area contributed by atoms with Gasteiger partial charge in [0.15, 0.2) is 0 Å². The Labute approximate surface area is 115 Å². The highest BCUT2D eigenvalue weighted by Crippen LogP contribution is 2.22. The molecule has 0 amide bonds. The minimum absolute atomic E-state index is 0.916. The molecule has 100 valence electrons. The molecule has 2 rings (SSSR count). The summed E-state index contributed by atoms with van der Waals surface area (Å²) in [5, 5.41) is 3.15. The van der Waals surface area contributed by atoms with Gasteiger partial charge in [0.2, 0.25) is 0 Å². The van der Waals surface area contributed by atoms with Crippen molar-refractivity contribution >= 4 is 0 Å². The Kier molecular flexibility index (Phi) is 4.63. The summed E-state index contributed by atoms with van der Waals surface area (Å²) in [6, 6.07) is 8.46. The molecule has 1 aromatic heterocycles. The van der Waals surface area contributed by atoms with Crippen molar-refractivity contribution in [2.45, 2.75) is 26.7 Å². The summed E-state index contributed by atoms with van der Waals surface area (Å²) in [5.74, 6) is 0.925. The van der Waals surface area contributed by atoms with Gasteiger partial charge < -0.3 is 5.32 Å². The Balaban J connectivity index is 2.24. The van der Waals surface area contributed by atoms with Crippen LogP contribution in [0.15, 0.2) is 30.5 Å². The van der Waals surface area contributed by atoms with E-state index in [1.54, 1.807) is 0 Å². The molecule has 0 aliphatic heterocycles. The van der Waals surface area contributed by atoms with Crippen LogP contribution in [0.1, 0.15) is 23.4 Å². The van der Waals surface area contributed by atoms with E-state index in [1.807, 2.05) is 19.3 Å². The average molecular weight is 255 g/mol. The molecule has 1 aromatic carbocycles. The number of hydrogen-bond donors (Lipinski definition) is 1. The smallest absolute Gasteiger partial charge is 0.128 e. The predicted octanol–water partition coefficient (Wildman–Crippen LogP) is 2.91.